The molecule has 0 atom stereocenters. The Labute approximate surface area is 719 Å². The van der Waals surface area contributed by atoms with Crippen LogP contribution in [-0.2, 0) is 575 Å². The van der Waals surface area contributed by atoms with Crippen LogP contribution in [0.2, 0.25) is 0 Å². The zero-order valence-corrected chi connectivity index (χ0v) is 98.4. The molecule has 0 spiro atoms. The summed E-state index contributed by atoms with van der Waals surface area (Å²) < 4.78 is 1.98. The fourth-order valence-electron chi connectivity index (χ4n) is 3.70. The van der Waals surface area contributed by atoms with Crippen LogP contribution in [0, 0.1) is 0 Å². The van der Waals surface area contributed by atoms with Crippen molar-refractivity contribution in [3.63, 3.8) is 0 Å². The average molecular weight is 2590 g/mol. The maximum absolute atomic E-state index is 5.68. The maximum atomic E-state index is 5.68. The van der Waals surface area contributed by atoms with E-state index in [2.05, 4.69) is 23.7 Å². The zero-order chi connectivity index (χ0) is 64.0. The molecule has 0 saturated carbocycles. The Bertz CT molecular complexity index is 5250. The fraction of sp³-hybridized carbons (Fsp3) is 0.800. The first-order chi connectivity index (χ1) is 44.2. The van der Waals surface area contributed by atoms with Crippen molar-refractivity contribution >= 4 is 588 Å². The van der Waals surface area contributed by atoms with Gasteiger partial charge in [-0.3, -0.25) is 4.57 Å². The van der Waals surface area contributed by atoms with Gasteiger partial charge in [0, 0.05) is 481 Å². The van der Waals surface area contributed by atoms with Crippen LogP contribution in [0.5, 0.6) is 0 Å². The van der Waals surface area contributed by atoms with Crippen LogP contribution in [0.15, 0.2) is 18.7 Å². The predicted octanol–water partition coefficient (Wildman–Crippen LogP) is 6.53. The minimum atomic E-state index is -0.505. The van der Waals surface area contributed by atoms with Gasteiger partial charge in [0.15, 0.2) is 5.11 Å². The molecule has 0 aromatic carbocycles. The molecule has 0 saturated heterocycles. The topological polar surface area (TPSA) is 21.1 Å². The number of aromatic nitrogens is 2. The molecule has 0 fully saturated rings. The third-order valence-electron chi connectivity index (χ3n) is 6.28. The summed E-state index contributed by atoms with van der Waals surface area (Å²) in [6.45, 7) is 6.70. The molecular formula is C20H37N3S65W. The molecular weight excluding hydrogens is 2550 g/mol. The summed E-state index contributed by atoms with van der Waals surface area (Å²) in [4.78, 5) is 6.52. The Hall–Kier alpha value is 13.9. The standard InChI is InChI=1S/C20H37N3S.S63.S.W/c1-3-5-7-9-11-13-16-22(17-14-12-10-8-6-4-2)20(24)23-18-15-21-19-23;1-3-5-7-9-11-13-15-17-19-21-23-25-27-29-31-33-35-37-39-41-43-45-47-49-51-53-55-57-59-61-63-62-60-58-56-54-52-50-48-46-44-42-40-38-36-34-32-30-28-26-24-22-20-18-16-14-12-10-8-6-4-2;;/h15,18-19H,3-14,16-17H2,1-2H3;;;. The molecule has 1 rings (SSSR count). The van der Waals surface area contributed by atoms with Crippen molar-refractivity contribution in [1.82, 2.24) is 14.5 Å². The summed E-state index contributed by atoms with van der Waals surface area (Å²) in [5.41, 5.74) is 0. The van der Waals surface area contributed by atoms with Crippen LogP contribution in [0.4, 0.5) is 0 Å². The molecule has 0 N–H and O–H groups in total. The van der Waals surface area contributed by atoms with Crippen molar-refractivity contribution in [2.24, 2.45) is 0 Å². The molecule has 0 aliphatic heterocycles. The second-order valence-corrected chi connectivity index (χ2v) is 129. The number of nitrogens with zero attached hydrogens (tertiary/aromatic N) is 3. The molecule has 0 bridgehead atoms. The van der Waals surface area contributed by atoms with Gasteiger partial charge in [0.25, 0.3) is 0 Å². The monoisotopic (exact) mass is 2580 g/mol. The Kier molecular flexibility index (Phi) is 111. The van der Waals surface area contributed by atoms with E-state index >= 15 is 0 Å². The summed E-state index contributed by atoms with van der Waals surface area (Å²) in [7, 11) is 118. The van der Waals surface area contributed by atoms with Crippen LogP contribution < -0.4 is 0 Å². The van der Waals surface area contributed by atoms with E-state index in [1.54, 1.807) is 59.5 Å². The molecule has 528 valence electrons. The van der Waals surface area contributed by atoms with Crippen LogP contribution in [0.25, 0.3) is 0 Å². The number of hydrogen-bond acceptors (Lipinski definition) is 4. The molecule has 69 heteroatoms. The first-order valence-electron chi connectivity index (χ1n) is 20.7. The molecule has 0 aliphatic carbocycles. The van der Waals surface area contributed by atoms with E-state index < -0.39 is 14.9 Å². The molecule has 1 aromatic heterocycles. The quantitative estimate of drug-likeness (QED) is 0.156. The van der Waals surface area contributed by atoms with E-state index in [9.17, 15) is 0 Å². The van der Waals surface area contributed by atoms with Crippen LogP contribution in [0.1, 0.15) is 90.9 Å². The van der Waals surface area contributed by atoms with Crippen LogP contribution in [0.3, 0.4) is 0 Å². The number of hydrogen-bond donors (Lipinski definition) is 0. The Morgan fingerprint density at radius 1 is 0.315 bits per heavy atom. The number of rotatable bonds is 14. The number of imidazole rings is 1. The summed E-state index contributed by atoms with van der Waals surface area (Å²) in [6.07, 6.45) is 21.5. The minimum absolute atomic E-state index is 0.505. The van der Waals surface area contributed by atoms with E-state index in [0.717, 1.165) is 18.2 Å². The van der Waals surface area contributed by atoms with Crippen molar-refractivity contribution in [3.05, 3.63) is 18.7 Å². The van der Waals surface area contributed by atoms with Gasteiger partial charge in [0.1, 0.15) is 6.33 Å². The normalized spacial score (nSPS) is 8.65. The van der Waals surface area contributed by atoms with Gasteiger partial charge in [0.2, 0.25) is 0 Å². The Morgan fingerprint density at radius 2 is 0.517 bits per heavy atom. The van der Waals surface area contributed by atoms with E-state index in [4.69, 9.17) is 33.2 Å². The van der Waals surface area contributed by atoms with E-state index in [1.807, 2.05) is 504 Å². The summed E-state index contributed by atoms with van der Waals surface area (Å²) in [5, 5.41) is 0.912. The molecule has 1 aromatic rings. The molecule has 0 unspecified atom stereocenters. The van der Waals surface area contributed by atoms with Gasteiger partial charge in [-0.15, -0.1) is 0 Å². The van der Waals surface area contributed by atoms with E-state index in [-0.39, 0.29) is 0 Å². The van der Waals surface area contributed by atoms with Crippen molar-refractivity contribution < 1.29 is 14.9 Å². The Balaban J connectivity index is 0.00000267. The van der Waals surface area contributed by atoms with E-state index in [1.165, 1.54) is 85.9 Å². The second-order valence-electron chi connectivity index (χ2n) is 11.1. The predicted molar refractivity (Wildman–Crippen MR) is 580 cm³/mol. The van der Waals surface area contributed by atoms with Crippen molar-refractivity contribution in [2.45, 2.75) is 90.9 Å². The van der Waals surface area contributed by atoms with Gasteiger partial charge < -0.3 is 4.90 Å². The number of unbranched alkanes of at least 4 members (excludes halogenated alkanes) is 10. The molecule has 0 radical (unpaired) electrons. The number of thiocarbonyl (C=S) groups is 1. The first kappa shape index (κ1) is 103. The zero-order valence-electron chi connectivity index (χ0n) is 42.4. The molecule has 89 heavy (non-hydrogen) atoms. The third-order valence-corrected chi connectivity index (χ3v) is 152. The average Bonchev–Trinajstić information content (AvgIpc) is 4.22. The first-order valence-corrected chi connectivity index (χ1v) is 112. The van der Waals surface area contributed by atoms with Gasteiger partial charge in [-0.25, -0.2) is 4.98 Å². The van der Waals surface area contributed by atoms with Crippen molar-refractivity contribution in [1.29, 1.82) is 0 Å². The summed E-state index contributed by atoms with van der Waals surface area (Å²) >= 11 is 10.00. The van der Waals surface area contributed by atoms with Crippen molar-refractivity contribution in [2.75, 3.05) is 13.1 Å². The van der Waals surface area contributed by atoms with Gasteiger partial charge in [-0.05, 0) is 25.1 Å². The molecule has 3 nitrogen and oxygen atoms in total. The van der Waals surface area contributed by atoms with Gasteiger partial charge in [-0.1, -0.05) is 78.1 Å². The SMILES string of the molecule is CCCCCCCCN(CCCCCCCC)C(=S)n1ccnc1.S=S=S=S=S=S=S=S=S=S=S=S=S=S=S=S=S=S=S=S=S=S=S=S=S=S=S=S=S=S=S=S=S=S=S=S=S=S=S=S=S=S=S=S=S=S=S=S=S=S=S=S=S=S=S=S=S=S=S=S=S=S=[S]=[W]=[S]. The Morgan fingerprint density at radius 3 is 0.708 bits per heavy atom. The summed E-state index contributed by atoms with van der Waals surface area (Å²) in [5.74, 6) is 0. The van der Waals surface area contributed by atoms with Gasteiger partial charge >= 0.3 is 130 Å². The van der Waals surface area contributed by atoms with Gasteiger partial charge in [-0.2, -0.15) is 0 Å². The molecule has 0 aliphatic rings. The fourth-order valence-corrected chi connectivity index (χ4v) is 181. The second kappa shape index (κ2) is 96.1. The van der Waals surface area contributed by atoms with Crippen LogP contribution >= 0.6 is 22.0 Å². The van der Waals surface area contributed by atoms with Crippen LogP contribution in [-0.4, -0.2) is 32.7 Å². The summed E-state index contributed by atoms with van der Waals surface area (Å²) in [6, 6.07) is 0. The van der Waals surface area contributed by atoms with Crippen molar-refractivity contribution in [3.8, 4) is 0 Å². The molecule has 1 heterocycles. The van der Waals surface area contributed by atoms with Gasteiger partial charge in [0.05, 0.1) is 0 Å². The third kappa shape index (κ3) is 89.0. The van der Waals surface area contributed by atoms with E-state index in [0.29, 0.717) is 0 Å². The molecule has 0 amide bonds.